The highest BCUT2D eigenvalue weighted by Crippen LogP contribution is 2.25. The van der Waals surface area contributed by atoms with E-state index in [0.29, 0.717) is 10.7 Å². The fourth-order valence-electron chi connectivity index (χ4n) is 3.30. The van der Waals surface area contributed by atoms with Crippen LogP contribution in [-0.2, 0) is 11.3 Å². The maximum atomic E-state index is 14.5. The normalized spacial score (nSPS) is 16.9. The number of carboxylic acids is 1. The summed E-state index contributed by atoms with van der Waals surface area (Å²) >= 11 is 5.95. The van der Waals surface area contributed by atoms with Crippen molar-refractivity contribution in [1.29, 1.82) is 0 Å². The van der Waals surface area contributed by atoms with Crippen LogP contribution in [0.15, 0.2) is 42.5 Å². The van der Waals surface area contributed by atoms with E-state index in [1.165, 1.54) is 24.0 Å². The Hall–Kier alpha value is -3.53. The number of imide groups is 1. The van der Waals surface area contributed by atoms with Gasteiger partial charge in [0, 0.05) is 23.3 Å². The van der Waals surface area contributed by atoms with Crippen LogP contribution in [0.4, 0.5) is 19.7 Å². The standard InChI is InChI=1S/C23H26ClFN4O5/c1-13(2)34-19-9-8-17(10-18(19)25)26-21-27-22(32)29(11-14(3)20(30)31)23(33)28(21)12-15-4-6-16(24)7-5-15/h4-10,13-14,21,26H,11-12H2,1-3H3,(H,27,32)(H,30,31)/t14?,21-/m1/s1. The SMILES string of the molecule is CC(C)Oc1ccc(N[C@@H]2NC(=O)N(CC(C)C(=O)O)C(=O)N2Cc2ccc(Cl)cc2)cc1F. The van der Waals surface area contributed by atoms with Crippen molar-refractivity contribution < 1.29 is 28.6 Å². The lowest BCUT2D eigenvalue weighted by Gasteiger charge is -2.41. The maximum Gasteiger partial charge on any atom is 0.331 e. The van der Waals surface area contributed by atoms with Gasteiger partial charge in [-0.15, -0.1) is 0 Å². The summed E-state index contributed by atoms with van der Waals surface area (Å²) in [5.41, 5.74) is 1.03. The van der Waals surface area contributed by atoms with Gasteiger partial charge in [-0.2, -0.15) is 0 Å². The summed E-state index contributed by atoms with van der Waals surface area (Å²) < 4.78 is 19.9. The Kier molecular flexibility index (Phi) is 7.83. The monoisotopic (exact) mass is 492 g/mol. The fourth-order valence-corrected chi connectivity index (χ4v) is 3.42. The molecule has 1 aliphatic heterocycles. The third-order valence-electron chi connectivity index (χ3n) is 5.04. The van der Waals surface area contributed by atoms with E-state index in [4.69, 9.17) is 16.3 Å². The Morgan fingerprint density at radius 3 is 2.47 bits per heavy atom. The number of urea groups is 2. The number of halogens is 2. The van der Waals surface area contributed by atoms with Crippen LogP contribution in [0.2, 0.25) is 5.02 Å². The molecule has 0 aliphatic carbocycles. The molecule has 1 heterocycles. The van der Waals surface area contributed by atoms with Crippen molar-refractivity contribution in [2.45, 2.75) is 39.7 Å². The van der Waals surface area contributed by atoms with E-state index in [0.717, 1.165) is 10.5 Å². The number of carboxylic acid groups (broad SMARTS) is 1. The van der Waals surface area contributed by atoms with Gasteiger partial charge in [0.2, 0.25) is 0 Å². The smallest absolute Gasteiger partial charge is 0.331 e. The molecule has 0 saturated carbocycles. The van der Waals surface area contributed by atoms with E-state index < -0.39 is 36.1 Å². The number of ether oxygens (including phenoxy) is 1. The number of hydrogen-bond donors (Lipinski definition) is 3. The van der Waals surface area contributed by atoms with Crippen molar-refractivity contribution in [3.63, 3.8) is 0 Å². The summed E-state index contributed by atoms with van der Waals surface area (Å²) in [4.78, 5) is 39.3. The number of benzene rings is 2. The second-order valence-electron chi connectivity index (χ2n) is 8.20. The third-order valence-corrected chi connectivity index (χ3v) is 5.29. The summed E-state index contributed by atoms with van der Waals surface area (Å²) in [6, 6.07) is 9.56. The number of hydrogen-bond acceptors (Lipinski definition) is 5. The van der Waals surface area contributed by atoms with Crippen molar-refractivity contribution in [2.24, 2.45) is 5.92 Å². The summed E-state index contributed by atoms with van der Waals surface area (Å²) in [7, 11) is 0. The van der Waals surface area contributed by atoms with Gasteiger partial charge in [-0.25, -0.2) is 18.9 Å². The second-order valence-corrected chi connectivity index (χ2v) is 8.63. The molecular formula is C23H26ClFN4O5. The molecule has 34 heavy (non-hydrogen) atoms. The third kappa shape index (κ3) is 6.07. The average Bonchev–Trinajstić information content (AvgIpc) is 2.76. The number of aliphatic carboxylic acids is 1. The summed E-state index contributed by atoms with van der Waals surface area (Å²) in [6.45, 7) is 4.73. The van der Waals surface area contributed by atoms with Crippen molar-refractivity contribution in [2.75, 3.05) is 11.9 Å². The highest BCUT2D eigenvalue weighted by Gasteiger charge is 2.39. The summed E-state index contributed by atoms with van der Waals surface area (Å²) in [6.07, 6.45) is -1.24. The average molecular weight is 493 g/mol. The Balaban J connectivity index is 1.86. The van der Waals surface area contributed by atoms with Crippen LogP contribution in [-0.4, -0.2) is 51.9 Å². The van der Waals surface area contributed by atoms with Crippen LogP contribution in [0, 0.1) is 11.7 Å². The highest BCUT2D eigenvalue weighted by molar-refractivity contribution is 6.30. The molecule has 182 valence electrons. The molecule has 2 atom stereocenters. The number of nitrogens with zero attached hydrogens (tertiary/aromatic N) is 2. The lowest BCUT2D eigenvalue weighted by Crippen LogP contribution is -2.67. The maximum absolute atomic E-state index is 14.5. The van der Waals surface area contributed by atoms with Gasteiger partial charge in [-0.1, -0.05) is 30.7 Å². The Morgan fingerprint density at radius 1 is 1.21 bits per heavy atom. The molecule has 1 unspecified atom stereocenters. The number of nitrogens with one attached hydrogen (secondary N) is 2. The van der Waals surface area contributed by atoms with Crippen LogP contribution >= 0.6 is 11.6 Å². The molecule has 4 amide bonds. The van der Waals surface area contributed by atoms with Crippen LogP contribution in [0.5, 0.6) is 5.75 Å². The first-order valence-corrected chi connectivity index (χ1v) is 11.0. The van der Waals surface area contributed by atoms with Crippen LogP contribution < -0.4 is 15.4 Å². The van der Waals surface area contributed by atoms with E-state index in [1.807, 2.05) is 0 Å². The molecule has 1 fully saturated rings. The van der Waals surface area contributed by atoms with E-state index >= 15 is 0 Å². The minimum absolute atomic E-state index is 0.0723. The van der Waals surface area contributed by atoms with Gasteiger partial charge < -0.3 is 15.2 Å². The highest BCUT2D eigenvalue weighted by atomic mass is 35.5. The largest absolute Gasteiger partial charge is 0.488 e. The van der Waals surface area contributed by atoms with Crippen molar-refractivity contribution in [3.8, 4) is 5.75 Å². The van der Waals surface area contributed by atoms with E-state index in [-0.39, 0.29) is 24.9 Å². The predicted octanol–water partition coefficient (Wildman–Crippen LogP) is 4.33. The quantitative estimate of drug-likeness (QED) is 0.480. The zero-order valence-corrected chi connectivity index (χ0v) is 19.7. The molecule has 0 bridgehead atoms. The summed E-state index contributed by atoms with van der Waals surface area (Å²) in [5, 5.41) is 15.3. The van der Waals surface area contributed by atoms with Gasteiger partial charge in [0.15, 0.2) is 17.9 Å². The van der Waals surface area contributed by atoms with E-state index in [2.05, 4.69) is 10.6 Å². The van der Waals surface area contributed by atoms with Crippen molar-refractivity contribution in [1.82, 2.24) is 15.1 Å². The molecule has 1 aliphatic rings. The number of anilines is 1. The van der Waals surface area contributed by atoms with Crippen LogP contribution in [0.25, 0.3) is 0 Å². The van der Waals surface area contributed by atoms with Gasteiger partial charge in [-0.3, -0.25) is 15.0 Å². The molecule has 0 spiro atoms. The first-order chi connectivity index (χ1) is 16.0. The van der Waals surface area contributed by atoms with Gasteiger partial charge in [0.05, 0.1) is 18.6 Å². The van der Waals surface area contributed by atoms with Gasteiger partial charge in [0.25, 0.3) is 0 Å². The van der Waals surface area contributed by atoms with Crippen molar-refractivity contribution in [3.05, 3.63) is 58.9 Å². The molecule has 9 nitrogen and oxygen atoms in total. The number of amides is 4. The summed E-state index contributed by atoms with van der Waals surface area (Å²) in [5.74, 6) is -2.62. The van der Waals surface area contributed by atoms with Crippen LogP contribution in [0.3, 0.4) is 0 Å². The number of carbonyl (C=O) groups excluding carboxylic acids is 2. The molecule has 3 rings (SSSR count). The molecule has 2 aromatic carbocycles. The Labute approximate surface area is 201 Å². The molecule has 2 aromatic rings. The molecule has 3 N–H and O–H groups in total. The van der Waals surface area contributed by atoms with Crippen molar-refractivity contribution >= 4 is 35.3 Å². The topological polar surface area (TPSA) is 111 Å². The van der Waals surface area contributed by atoms with E-state index in [9.17, 15) is 23.9 Å². The number of rotatable bonds is 9. The fraction of sp³-hybridized carbons (Fsp3) is 0.348. The van der Waals surface area contributed by atoms with Gasteiger partial charge in [0.1, 0.15) is 0 Å². The number of carbonyl (C=O) groups is 3. The Morgan fingerprint density at radius 2 is 1.88 bits per heavy atom. The molecule has 0 radical (unpaired) electrons. The molecule has 0 aromatic heterocycles. The molecular weight excluding hydrogens is 467 g/mol. The lowest BCUT2D eigenvalue weighted by molar-refractivity contribution is -0.141. The van der Waals surface area contributed by atoms with E-state index in [1.54, 1.807) is 44.2 Å². The first-order valence-electron chi connectivity index (χ1n) is 10.6. The zero-order valence-electron chi connectivity index (χ0n) is 18.9. The Bertz CT molecular complexity index is 1070. The minimum Gasteiger partial charge on any atom is -0.488 e. The predicted molar refractivity (Wildman–Crippen MR) is 124 cm³/mol. The minimum atomic E-state index is -1.13. The van der Waals surface area contributed by atoms with Gasteiger partial charge >= 0.3 is 18.0 Å². The lowest BCUT2D eigenvalue weighted by atomic mass is 10.1. The van der Waals surface area contributed by atoms with Crippen LogP contribution in [0.1, 0.15) is 26.3 Å². The zero-order chi connectivity index (χ0) is 25.0. The first kappa shape index (κ1) is 25.1. The second kappa shape index (κ2) is 10.6. The molecule has 1 saturated heterocycles. The molecule has 11 heteroatoms. The van der Waals surface area contributed by atoms with Gasteiger partial charge in [-0.05, 0) is 43.7 Å².